The summed E-state index contributed by atoms with van der Waals surface area (Å²) in [5, 5.41) is 12.3. The van der Waals surface area contributed by atoms with Crippen molar-refractivity contribution >= 4 is 18.1 Å². The largest absolute Gasteiger partial charge is 0.409 e. The third-order valence-corrected chi connectivity index (χ3v) is 1.73. The maximum absolute atomic E-state index is 10.9. The molecule has 1 amide bonds. The van der Waals surface area contributed by atoms with E-state index in [-0.39, 0.29) is 16.4 Å². The predicted octanol–water partition coefficient (Wildman–Crippen LogP) is 0.221. The van der Waals surface area contributed by atoms with Crippen LogP contribution in [0.4, 0.5) is 0 Å². The number of nitrogens with two attached hydrogens (primary N) is 1. The van der Waals surface area contributed by atoms with Crippen LogP contribution in [-0.4, -0.2) is 26.3 Å². The molecule has 14 heavy (non-hydrogen) atoms. The third kappa shape index (κ3) is 1.31. The Bertz CT molecular complexity index is 524. The molecule has 0 radical (unpaired) electrons. The number of nitrogens with one attached hydrogen (secondary N) is 2. The van der Waals surface area contributed by atoms with Crippen LogP contribution in [0.1, 0.15) is 10.5 Å². The first-order valence-electron chi connectivity index (χ1n) is 3.57. The van der Waals surface area contributed by atoms with Gasteiger partial charge in [0.2, 0.25) is 0 Å². The zero-order chi connectivity index (χ0) is 10.1. The lowest BCUT2D eigenvalue weighted by molar-refractivity contribution is 0.0996. The number of rotatable bonds is 2. The molecule has 0 saturated heterocycles. The Labute approximate surface area is 82.3 Å². The Morgan fingerprint density at radius 3 is 2.93 bits per heavy atom. The lowest BCUT2D eigenvalue weighted by atomic mass is 10.2. The molecule has 0 unspecified atom stereocenters. The van der Waals surface area contributed by atoms with Crippen molar-refractivity contribution in [3.63, 3.8) is 0 Å². The number of aromatic nitrogens is 4. The van der Waals surface area contributed by atoms with Gasteiger partial charge in [0.25, 0.3) is 16.6 Å². The summed E-state index contributed by atoms with van der Waals surface area (Å²) < 4.78 is 5.00. The monoisotopic (exact) mass is 211 g/mol. The molecule has 2 aromatic rings. The maximum Gasteiger partial charge on any atom is 0.284 e. The van der Waals surface area contributed by atoms with Gasteiger partial charge in [-0.25, -0.2) is 5.10 Å². The van der Waals surface area contributed by atoms with Gasteiger partial charge in [-0.05, 0) is 12.2 Å². The molecular weight excluding hydrogens is 206 g/mol. The van der Waals surface area contributed by atoms with E-state index in [2.05, 4.69) is 32.6 Å². The summed E-state index contributed by atoms with van der Waals surface area (Å²) in [4.78, 5) is 11.0. The number of aromatic amines is 2. The van der Waals surface area contributed by atoms with E-state index in [4.69, 9.17) is 10.2 Å². The van der Waals surface area contributed by atoms with Gasteiger partial charge >= 0.3 is 0 Å². The van der Waals surface area contributed by atoms with Crippen LogP contribution in [0.2, 0.25) is 0 Å². The number of H-pyrrole nitrogens is 2. The molecule has 0 aliphatic rings. The lowest BCUT2D eigenvalue weighted by Gasteiger charge is -1.91. The van der Waals surface area contributed by atoms with Gasteiger partial charge in [-0.1, -0.05) is 0 Å². The van der Waals surface area contributed by atoms with E-state index in [1.165, 1.54) is 6.20 Å². The number of hydrogen-bond acceptors (Lipinski definition) is 5. The van der Waals surface area contributed by atoms with Crippen molar-refractivity contribution in [3.05, 3.63) is 16.7 Å². The van der Waals surface area contributed by atoms with E-state index >= 15 is 0 Å². The van der Waals surface area contributed by atoms with Gasteiger partial charge in [0.15, 0.2) is 0 Å². The summed E-state index contributed by atoms with van der Waals surface area (Å²) in [6.07, 6.45) is 1.38. The smallest absolute Gasteiger partial charge is 0.284 e. The Kier molecular flexibility index (Phi) is 1.89. The highest BCUT2D eigenvalue weighted by Gasteiger charge is 2.16. The molecular formula is C6H5N5O2S. The lowest BCUT2D eigenvalue weighted by Crippen LogP contribution is -2.12. The number of hydrogen-bond donors (Lipinski definition) is 3. The fraction of sp³-hybridized carbons (Fsp3) is 0. The van der Waals surface area contributed by atoms with Crippen molar-refractivity contribution < 1.29 is 9.21 Å². The molecule has 0 atom stereocenters. The van der Waals surface area contributed by atoms with Crippen LogP contribution in [0.3, 0.4) is 0 Å². The molecule has 0 aromatic carbocycles. The topological polar surface area (TPSA) is 114 Å². The minimum absolute atomic E-state index is 0.122. The average Bonchev–Trinajstić information content (AvgIpc) is 2.70. The molecule has 0 aliphatic heterocycles. The molecule has 7 nitrogen and oxygen atoms in total. The molecule has 0 spiro atoms. The van der Waals surface area contributed by atoms with Crippen molar-refractivity contribution in [2.45, 2.75) is 0 Å². The number of carbonyl (C=O) groups excluding carboxylic acids is 1. The summed E-state index contributed by atoms with van der Waals surface area (Å²) in [5.74, 6) is -0.459. The average molecular weight is 211 g/mol. The first kappa shape index (κ1) is 8.63. The summed E-state index contributed by atoms with van der Waals surface area (Å²) in [5.41, 5.74) is 5.60. The van der Waals surface area contributed by atoms with Crippen LogP contribution in [0, 0.1) is 4.84 Å². The standard InChI is InChI=1S/C6H5N5O2S/c7-4(12)3-2(1-8-9-3)5-10-11-6(14)13-5/h1H,(H2,7,12)(H,8,9)(H,11,14). The van der Waals surface area contributed by atoms with Crippen LogP contribution in [0.25, 0.3) is 11.5 Å². The molecule has 0 fully saturated rings. The first-order valence-corrected chi connectivity index (χ1v) is 3.98. The predicted molar refractivity (Wildman–Crippen MR) is 47.8 cm³/mol. The number of carbonyl (C=O) groups is 1. The minimum atomic E-state index is -0.637. The highest BCUT2D eigenvalue weighted by atomic mass is 32.1. The highest BCUT2D eigenvalue weighted by molar-refractivity contribution is 7.71. The number of primary amides is 1. The van der Waals surface area contributed by atoms with E-state index in [9.17, 15) is 4.79 Å². The van der Waals surface area contributed by atoms with Gasteiger partial charge in [-0.3, -0.25) is 9.89 Å². The second-order valence-electron chi connectivity index (χ2n) is 2.44. The molecule has 72 valence electrons. The van der Waals surface area contributed by atoms with Crippen LogP contribution in [0.15, 0.2) is 10.6 Å². The fourth-order valence-corrected chi connectivity index (χ4v) is 1.11. The van der Waals surface area contributed by atoms with Gasteiger partial charge in [0.05, 0.1) is 11.8 Å². The van der Waals surface area contributed by atoms with Crippen molar-refractivity contribution in [3.8, 4) is 11.5 Å². The van der Waals surface area contributed by atoms with Crippen molar-refractivity contribution in [1.29, 1.82) is 0 Å². The summed E-state index contributed by atoms with van der Waals surface area (Å²) in [6, 6.07) is 0. The normalized spacial score (nSPS) is 10.3. The van der Waals surface area contributed by atoms with E-state index in [1.807, 2.05) is 0 Å². The molecule has 0 bridgehead atoms. The van der Waals surface area contributed by atoms with Crippen molar-refractivity contribution in [2.24, 2.45) is 5.73 Å². The van der Waals surface area contributed by atoms with E-state index in [0.717, 1.165) is 0 Å². The zero-order valence-electron chi connectivity index (χ0n) is 6.77. The van der Waals surface area contributed by atoms with Crippen LogP contribution in [-0.2, 0) is 0 Å². The molecule has 0 aliphatic carbocycles. The number of nitrogens with zero attached hydrogens (tertiary/aromatic N) is 2. The van der Waals surface area contributed by atoms with Crippen LogP contribution in [0.5, 0.6) is 0 Å². The minimum Gasteiger partial charge on any atom is -0.409 e. The molecule has 0 saturated carbocycles. The molecule has 2 rings (SSSR count). The van der Waals surface area contributed by atoms with Gasteiger partial charge in [-0.15, -0.1) is 5.10 Å². The molecule has 4 N–H and O–H groups in total. The second-order valence-corrected chi connectivity index (χ2v) is 2.81. The van der Waals surface area contributed by atoms with Gasteiger partial charge in [0.1, 0.15) is 5.69 Å². The van der Waals surface area contributed by atoms with Gasteiger partial charge in [0, 0.05) is 0 Å². The van der Waals surface area contributed by atoms with Crippen molar-refractivity contribution in [1.82, 2.24) is 20.4 Å². The first-order chi connectivity index (χ1) is 6.68. The van der Waals surface area contributed by atoms with E-state index in [1.54, 1.807) is 0 Å². The summed E-state index contributed by atoms with van der Waals surface area (Å²) in [6.45, 7) is 0. The summed E-state index contributed by atoms with van der Waals surface area (Å²) in [7, 11) is 0. The zero-order valence-corrected chi connectivity index (χ0v) is 7.59. The van der Waals surface area contributed by atoms with Crippen LogP contribution >= 0.6 is 12.2 Å². The maximum atomic E-state index is 10.9. The van der Waals surface area contributed by atoms with E-state index in [0.29, 0.717) is 5.56 Å². The Balaban J connectivity index is 2.56. The molecule has 2 heterocycles. The highest BCUT2D eigenvalue weighted by Crippen LogP contribution is 2.18. The Hall–Kier alpha value is -1.96. The Morgan fingerprint density at radius 1 is 1.57 bits per heavy atom. The SMILES string of the molecule is NC(=O)c1[nH]ncc1-c1n[nH]c(=S)o1. The molecule has 8 heteroatoms. The van der Waals surface area contributed by atoms with E-state index < -0.39 is 5.91 Å². The summed E-state index contributed by atoms with van der Waals surface area (Å²) >= 11 is 4.68. The van der Waals surface area contributed by atoms with Crippen LogP contribution < -0.4 is 5.73 Å². The van der Waals surface area contributed by atoms with Gasteiger partial charge < -0.3 is 10.2 Å². The number of amides is 1. The second kappa shape index (κ2) is 3.07. The van der Waals surface area contributed by atoms with Crippen molar-refractivity contribution in [2.75, 3.05) is 0 Å². The van der Waals surface area contributed by atoms with Gasteiger partial charge in [-0.2, -0.15) is 5.10 Å². The molecule has 2 aromatic heterocycles. The third-order valence-electron chi connectivity index (χ3n) is 1.55. The quantitative estimate of drug-likeness (QED) is 0.615. The Morgan fingerprint density at radius 2 is 2.36 bits per heavy atom. The fourth-order valence-electron chi connectivity index (χ4n) is 0.981.